The van der Waals surface area contributed by atoms with Gasteiger partial charge < -0.3 is 4.42 Å². The predicted octanol–water partition coefficient (Wildman–Crippen LogP) is 12.8. The summed E-state index contributed by atoms with van der Waals surface area (Å²) in [7, 11) is 0. The molecule has 0 saturated heterocycles. The first-order chi connectivity index (χ1) is 25.2. The van der Waals surface area contributed by atoms with Crippen molar-refractivity contribution in [3.05, 3.63) is 150 Å². The van der Waals surface area contributed by atoms with Crippen LogP contribution >= 0.6 is 0 Å². The number of aromatic nitrogens is 3. The molecule has 0 saturated carbocycles. The van der Waals surface area contributed by atoms with Crippen LogP contribution in [0.1, 0.15) is 57.2 Å². The third-order valence-corrected chi connectivity index (χ3v) is 11.2. The Morgan fingerprint density at radius 1 is 0.442 bits per heavy atom. The summed E-state index contributed by atoms with van der Waals surface area (Å²) in [6.45, 7) is 11.8. The first-order valence-corrected chi connectivity index (χ1v) is 18.2. The maximum atomic E-state index is 6.76. The van der Waals surface area contributed by atoms with E-state index in [0.29, 0.717) is 17.5 Å². The van der Waals surface area contributed by atoms with E-state index in [2.05, 4.69) is 126 Å². The fourth-order valence-electron chi connectivity index (χ4n) is 8.02. The maximum absolute atomic E-state index is 6.76. The average molecular weight is 676 g/mol. The number of nitrogens with zero attached hydrogens (tertiary/aromatic N) is 3. The van der Waals surface area contributed by atoms with Gasteiger partial charge in [0.25, 0.3) is 0 Å². The van der Waals surface area contributed by atoms with Crippen molar-refractivity contribution in [1.82, 2.24) is 15.0 Å². The van der Waals surface area contributed by atoms with Crippen molar-refractivity contribution >= 4 is 21.9 Å². The van der Waals surface area contributed by atoms with Crippen molar-refractivity contribution < 1.29 is 4.42 Å². The highest BCUT2D eigenvalue weighted by Gasteiger charge is 2.37. The second-order valence-electron chi connectivity index (χ2n) is 15.6. The normalized spacial score (nSPS) is 14.8. The summed E-state index contributed by atoms with van der Waals surface area (Å²) >= 11 is 0. The molecule has 0 radical (unpaired) electrons. The molecular weight excluding hydrogens is 635 g/mol. The first-order valence-electron chi connectivity index (χ1n) is 18.2. The van der Waals surface area contributed by atoms with Gasteiger partial charge in [0.05, 0.1) is 5.56 Å². The molecule has 2 aromatic heterocycles. The Labute approximate surface area is 305 Å². The zero-order valence-electron chi connectivity index (χ0n) is 30.4. The predicted molar refractivity (Wildman–Crippen MR) is 214 cm³/mol. The molecule has 6 aromatic carbocycles. The molecule has 4 heteroatoms. The van der Waals surface area contributed by atoms with Crippen LogP contribution in [0.25, 0.3) is 78.4 Å². The van der Waals surface area contributed by atoms with Gasteiger partial charge in [0.15, 0.2) is 17.5 Å². The minimum absolute atomic E-state index is 0.147. The molecule has 1 aliphatic carbocycles. The molecule has 0 N–H and O–H groups in total. The Bertz CT molecular complexity index is 2620. The van der Waals surface area contributed by atoms with E-state index in [-0.39, 0.29) is 10.8 Å². The molecule has 4 nitrogen and oxygen atoms in total. The van der Waals surface area contributed by atoms with Gasteiger partial charge in [-0.15, -0.1) is 0 Å². The van der Waals surface area contributed by atoms with Crippen LogP contribution in [0.15, 0.2) is 138 Å². The van der Waals surface area contributed by atoms with Crippen molar-refractivity contribution in [2.24, 2.45) is 0 Å². The first kappa shape index (κ1) is 32.1. The van der Waals surface area contributed by atoms with Gasteiger partial charge in [-0.25, -0.2) is 15.0 Å². The molecule has 1 aliphatic rings. The van der Waals surface area contributed by atoms with Gasteiger partial charge in [0.2, 0.25) is 0 Å². The summed E-state index contributed by atoms with van der Waals surface area (Å²) in [5.74, 6) is 1.82. The zero-order valence-corrected chi connectivity index (χ0v) is 30.4. The van der Waals surface area contributed by atoms with Gasteiger partial charge in [0.1, 0.15) is 11.2 Å². The Morgan fingerprint density at radius 3 is 1.52 bits per heavy atom. The Balaban J connectivity index is 1.17. The van der Waals surface area contributed by atoms with Crippen molar-refractivity contribution in [3.8, 4) is 56.4 Å². The number of para-hydroxylation sites is 2. The topological polar surface area (TPSA) is 51.8 Å². The smallest absolute Gasteiger partial charge is 0.167 e. The fourth-order valence-corrected chi connectivity index (χ4v) is 8.02. The number of benzene rings is 6. The molecule has 0 aliphatic heterocycles. The Morgan fingerprint density at radius 2 is 0.904 bits per heavy atom. The molecule has 2 heterocycles. The summed E-state index contributed by atoms with van der Waals surface area (Å²) in [6.07, 6.45) is 2.40. The number of aryl methyl sites for hydroxylation is 1. The van der Waals surface area contributed by atoms with Crippen LogP contribution in [-0.4, -0.2) is 15.0 Å². The van der Waals surface area contributed by atoms with Gasteiger partial charge >= 0.3 is 0 Å². The van der Waals surface area contributed by atoms with E-state index in [0.717, 1.165) is 49.8 Å². The minimum Gasteiger partial charge on any atom is -0.455 e. The van der Waals surface area contributed by atoms with Gasteiger partial charge in [-0.2, -0.15) is 0 Å². The number of fused-ring (bicyclic) bond motifs is 4. The van der Waals surface area contributed by atoms with Gasteiger partial charge in [0, 0.05) is 27.5 Å². The molecule has 0 atom stereocenters. The highest BCUT2D eigenvalue weighted by atomic mass is 16.3. The lowest BCUT2D eigenvalue weighted by Gasteiger charge is -2.42. The fraction of sp³-hybridized carbons (Fsp3) is 0.188. The molecule has 0 unspecified atom stereocenters. The molecule has 8 aromatic rings. The third kappa shape index (κ3) is 5.41. The van der Waals surface area contributed by atoms with Crippen molar-refractivity contribution in [2.75, 3.05) is 0 Å². The Hall–Kier alpha value is -5.87. The van der Waals surface area contributed by atoms with E-state index in [1.807, 2.05) is 42.5 Å². The highest BCUT2D eigenvalue weighted by molar-refractivity contribution is 6.12. The van der Waals surface area contributed by atoms with Gasteiger partial charge in [-0.1, -0.05) is 155 Å². The molecule has 0 amide bonds. The van der Waals surface area contributed by atoms with E-state index in [1.54, 1.807) is 0 Å². The van der Waals surface area contributed by atoms with Gasteiger partial charge in [-0.3, -0.25) is 0 Å². The summed E-state index contributed by atoms with van der Waals surface area (Å²) in [4.78, 5) is 15.2. The lowest BCUT2D eigenvalue weighted by molar-refractivity contribution is 0.332. The molecule has 0 spiro atoms. The van der Waals surface area contributed by atoms with Crippen LogP contribution in [0, 0.1) is 6.92 Å². The van der Waals surface area contributed by atoms with Gasteiger partial charge in [-0.05, 0) is 70.0 Å². The second-order valence-corrected chi connectivity index (χ2v) is 15.6. The molecule has 0 fully saturated rings. The third-order valence-electron chi connectivity index (χ3n) is 11.2. The standard InChI is InChI=1S/C48H41N3O/c1-30-28-40-41(48(4,5)27-26-47(40,2)3)29-39(30)32-22-24-34(25-23-32)45-49-44(33-16-10-7-11-17-33)50-46(51-45)38-21-13-20-37-36-19-12-18-35(42(36)52-43(37)38)31-14-8-6-9-15-31/h6-25,28-29H,26-27H2,1-5H3. The summed E-state index contributed by atoms with van der Waals surface area (Å²) in [6, 6.07) is 46.7. The van der Waals surface area contributed by atoms with Crippen molar-refractivity contribution in [2.45, 2.75) is 58.3 Å². The summed E-state index contributed by atoms with van der Waals surface area (Å²) in [5.41, 5.74) is 13.6. The number of rotatable bonds is 5. The number of hydrogen-bond donors (Lipinski definition) is 0. The average Bonchev–Trinajstić information content (AvgIpc) is 3.56. The summed E-state index contributed by atoms with van der Waals surface area (Å²) in [5, 5.41) is 2.10. The Kier molecular flexibility index (Phi) is 7.48. The monoisotopic (exact) mass is 675 g/mol. The summed E-state index contributed by atoms with van der Waals surface area (Å²) < 4.78 is 6.76. The van der Waals surface area contributed by atoms with Crippen LogP contribution in [0.2, 0.25) is 0 Å². The van der Waals surface area contributed by atoms with Crippen LogP contribution in [-0.2, 0) is 10.8 Å². The van der Waals surface area contributed by atoms with Crippen molar-refractivity contribution in [1.29, 1.82) is 0 Å². The highest BCUT2D eigenvalue weighted by Crippen LogP contribution is 2.48. The molecule has 254 valence electrons. The largest absolute Gasteiger partial charge is 0.455 e. The minimum atomic E-state index is 0.147. The molecule has 0 bridgehead atoms. The molecule has 9 rings (SSSR count). The van der Waals surface area contributed by atoms with E-state index in [1.165, 1.54) is 40.7 Å². The van der Waals surface area contributed by atoms with E-state index in [4.69, 9.17) is 19.4 Å². The van der Waals surface area contributed by atoms with E-state index in [9.17, 15) is 0 Å². The SMILES string of the molecule is Cc1cc2c(cc1-c1ccc(-c3nc(-c4ccccc4)nc(-c4cccc5c4oc4c(-c6ccccc6)cccc45)n3)cc1)C(C)(C)CCC2(C)C. The quantitative estimate of drug-likeness (QED) is 0.182. The van der Waals surface area contributed by atoms with Crippen LogP contribution in [0.3, 0.4) is 0 Å². The lowest BCUT2D eigenvalue weighted by atomic mass is 9.62. The van der Waals surface area contributed by atoms with Crippen LogP contribution in [0.5, 0.6) is 0 Å². The second kappa shape index (κ2) is 12.1. The lowest BCUT2D eigenvalue weighted by Crippen LogP contribution is -2.34. The molecule has 52 heavy (non-hydrogen) atoms. The van der Waals surface area contributed by atoms with E-state index >= 15 is 0 Å². The van der Waals surface area contributed by atoms with Crippen LogP contribution < -0.4 is 0 Å². The maximum Gasteiger partial charge on any atom is 0.167 e. The van der Waals surface area contributed by atoms with Crippen molar-refractivity contribution in [3.63, 3.8) is 0 Å². The molecular formula is C48H41N3O. The number of hydrogen-bond acceptors (Lipinski definition) is 4. The number of furan rings is 1. The van der Waals surface area contributed by atoms with Crippen LogP contribution in [0.4, 0.5) is 0 Å². The van der Waals surface area contributed by atoms with E-state index < -0.39 is 0 Å². The zero-order chi connectivity index (χ0) is 35.6.